The molecule has 0 spiro atoms. The number of hydrogen-bond acceptors (Lipinski definition) is 2. The van der Waals surface area contributed by atoms with E-state index in [2.05, 4.69) is 35.5 Å². The highest BCUT2D eigenvalue weighted by molar-refractivity contribution is 6.12. The van der Waals surface area contributed by atoms with Crippen molar-refractivity contribution in [1.29, 1.82) is 0 Å². The maximum atomic E-state index is 8.94. The predicted molar refractivity (Wildman–Crippen MR) is 60.0 cm³/mol. The minimum atomic E-state index is 0.739. The molecule has 1 aromatic rings. The largest absolute Gasteiger partial charge is 0.411 e. The molecule has 0 fully saturated rings. The molecule has 2 heteroatoms. The standard InChI is InChI=1S/C13H11NO/c15-14-13-7-3-6-11-10-5-2-1-4-9(10)8-12(11)13/h1-6,15H,7-8H2. The van der Waals surface area contributed by atoms with Gasteiger partial charge in [-0.15, -0.1) is 0 Å². The van der Waals surface area contributed by atoms with E-state index in [1.807, 2.05) is 6.07 Å². The van der Waals surface area contributed by atoms with Crippen LogP contribution in [-0.2, 0) is 6.42 Å². The molecule has 0 atom stereocenters. The third-order valence-electron chi connectivity index (χ3n) is 3.06. The quantitative estimate of drug-likeness (QED) is 0.503. The van der Waals surface area contributed by atoms with E-state index in [1.165, 1.54) is 22.3 Å². The smallest absolute Gasteiger partial charge is 0.0874 e. The summed E-state index contributed by atoms with van der Waals surface area (Å²) in [6.45, 7) is 0. The minimum Gasteiger partial charge on any atom is -0.411 e. The van der Waals surface area contributed by atoms with E-state index in [4.69, 9.17) is 5.21 Å². The summed E-state index contributed by atoms with van der Waals surface area (Å²) in [6.07, 6.45) is 5.82. The van der Waals surface area contributed by atoms with Gasteiger partial charge in [0.05, 0.1) is 5.71 Å². The van der Waals surface area contributed by atoms with Crippen LogP contribution < -0.4 is 0 Å². The van der Waals surface area contributed by atoms with Crippen molar-refractivity contribution in [2.24, 2.45) is 5.16 Å². The molecule has 1 aromatic carbocycles. The molecular weight excluding hydrogens is 186 g/mol. The fourth-order valence-corrected chi connectivity index (χ4v) is 2.35. The first kappa shape index (κ1) is 8.48. The molecule has 0 amide bonds. The first-order chi connectivity index (χ1) is 7.40. The molecule has 0 bridgehead atoms. The summed E-state index contributed by atoms with van der Waals surface area (Å²) in [5.74, 6) is 0. The van der Waals surface area contributed by atoms with E-state index in [1.54, 1.807) is 0 Å². The van der Waals surface area contributed by atoms with E-state index >= 15 is 0 Å². The molecule has 0 heterocycles. The maximum Gasteiger partial charge on any atom is 0.0874 e. The highest BCUT2D eigenvalue weighted by Crippen LogP contribution is 2.36. The Labute approximate surface area is 88.2 Å². The number of benzene rings is 1. The maximum absolute atomic E-state index is 8.94. The van der Waals surface area contributed by atoms with Crippen molar-refractivity contribution in [3.63, 3.8) is 0 Å². The number of fused-ring (bicyclic) bond motifs is 2. The van der Waals surface area contributed by atoms with Crippen molar-refractivity contribution in [1.82, 2.24) is 0 Å². The van der Waals surface area contributed by atoms with E-state index in [0.717, 1.165) is 18.6 Å². The summed E-state index contributed by atoms with van der Waals surface area (Å²) >= 11 is 0. The predicted octanol–water partition coefficient (Wildman–Crippen LogP) is 2.79. The van der Waals surface area contributed by atoms with Crippen LogP contribution in [0.25, 0.3) is 5.57 Å². The second-order valence-electron chi connectivity index (χ2n) is 3.88. The molecular formula is C13H11NO. The molecule has 0 saturated heterocycles. The van der Waals surface area contributed by atoms with Crippen molar-refractivity contribution >= 4 is 11.3 Å². The number of allylic oxidation sites excluding steroid dienone is 4. The Morgan fingerprint density at radius 3 is 2.93 bits per heavy atom. The van der Waals surface area contributed by atoms with Crippen LogP contribution in [0.5, 0.6) is 0 Å². The molecule has 2 nitrogen and oxygen atoms in total. The first-order valence-electron chi connectivity index (χ1n) is 5.09. The molecule has 0 saturated carbocycles. The van der Waals surface area contributed by atoms with Crippen LogP contribution in [0.15, 0.2) is 47.1 Å². The Bertz CT molecular complexity index is 509. The Morgan fingerprint density at radius 1 is 1.20 bits per heavy atom. The summed E-state index contributed by atoms with van der Waals surface area (Å²) in [4.78, 5) is 0. The van der Waals surface area contributed by atoms with Gasteiger partial charge in [-0.2, -0.15) is 0 Å². The van der Waals surface area contributed by atoms with Gasteiger partial charge in [-0.3, -0.25) is 0 Å². The molecule has 0 unspecified atom stereocenters. The van der Waals surface area contributed by atoms with E-state index in [0.29, 0.717) is 0 Å². The minimum absolute atomic E-state index is 0.739. The number of rotatable bonds is 0. The summed E-state index contributed by atoms with van der Waals surface area (Å²) in [5.41, 5.74) is 5.83. The van der Waals surface area contributed by atoms with Crippen molar-refractivity contribution in [2.75, 3.05) is 0 Å². The lowest BCUT2D eigenvalue weighted by molar-refractivity contribution is 0.318. The lowest BCUT2D eigenvalue weighted by Gasteiger charge is -2.09. The van der Waals surface area contributed by atoms with Gasteiger partial charge < -0.3 is 5.21 Å². The third kappa shape index (κ3) is 1.14. The number of hydrogen-bond donors (Lipinski definition) is 1. The van der Waals surface area contributed by atoms with Crippen molar-refractivity contribution < 1.29 is 5.21 Å². The van der Waals surface area contributed by atoms with Gasteiger partial charge in [0.2, 0.25) is 0 Å². The SMILES string of the molecule is ON=C1CC=CC2=C1Cc1ccccc12. The molecule has 0 radical (unpaired) electrons. The van der Waals surface area contributed by atoms with Crippen LogP contribution in [-0.4, -0.2) is 10.9 Å². The van der Waals surface area contributed by atoms with Crippen LogP contribution in [0, 0.1) is 0 Å². The second-order valence-corrected chi connectivity index (χ2v) is 3.88. The van der Waals surface area contributed by atoms with Gasteiger partial charge in [0.15, 0.2) is 0 Å². The zero-order chi connectivity index (χ0) is 10.3. The van der Waals surface area contributed by atoms with Gasteiger partial charge in [0.1, 0.15) is 0 Å². The average molecular weight is 197 g/mol. The summed E-state index contributed by atoms with van der Waals surface area (Å²) in [6, 6.07) is 8.36. The monoisotopic (exact) mass is 197 g/mol. The highest BCUT2D eigenvalue weighted by atomic mass is 16.4. The molecule has 2 aliphatic carbocycles. The van der Waals surface area contributed by atoms with E-state index in [-0.39, 0.29) is 0 Å². The lowest BCUT2D eigenvalue weighted by Crippen LogP contribution is -2.05. The zero-order valence-electron chi connectivity index (χ0n) is 8.27. The molecule has 3 rings (SSSR count). The van der Waals surface area contributed by atoms with Gasteiger partial charge in [-0.1, -0.05) is 41.6 Å². The lowest BCUT2D eigenvalue weighted by atomic mass is 9.96. The van der Waals surface area contributed by atoms with Crippen molar-refractivity contribution in [3.05, 3.63) is 53.1 Å². The van der Waals surface area contributed by atoms with Crippen LogP contribution >= 0.6 is 0 Å². The van der Waals surface area contributed by atoms with Gasteiger partial charge in [-0.25, -0.2) is 0 Å². The fraction of sp³-hybridized carbons (Fsp3) is 0.154. The highest BCUT2D eigenvalue weighted by Gasteiger charge is 2.24. The van der Waals surface area contributed by atoms with Gasteiger partial charge in [-0.05, 0) is 22.3 Å². The van der Waals surface area contributed by atoms with Crippen molar-refractivity contribution in [3.8, 4) is 0 Å². The molecule has 0 aromatic heterocycles. The second kappa shape index (κ2) is 3.09. The number of nitrogens with zero attached hydrogens (tertiary/aromatic N) is 1. The molecule has 1 N–H and O–H groups in total. The molecule has 2 aliphatic rings. The first-order valence-corrected chi connectivity index (χ1v) is 5.09. The Balaban J connectivity index is 2.19. The fourth-order valence-electron chi connectivity index (χ4n) is 2.35. The third-order valence-corrected chi connectivity index (χ3v) is 3.06. The van der Waals surface area contributed by atoms with E-state index < -0.39 is 0 Å². The Hall–Kier alpha value is -1.83. The normalized spacial score (nSPS) is 20.7. The van der Waals surface area contributed by atoms with Crippen LogP contribution in [0.3, 0.4) is 0 Å². The van der Waals surface area contributed by atoms with Crippen LogP contribution in [0.4, 0.5) is 0 Å². The topological polar surface area (TPSA) is 32.6 Å². The van der Waals surface area contributed by atoms with Crippen LogP contribution in [0.1, 0.15) is 17.5 Å². The van der Waals surface area contributed by atoms with Gasteiger partial charge in [0, 0.05) is 12.8 Å². The summed E-state index contributed by atoms with van der Waals surface area (Å²) < 4.78 is 0. The van der Waals surface area contributed by atoms with Gasteiger partial charge >= 0.3 is 0 Å². The Kier molecular flexibility index (Phi) is 1.75. The summed E-state index contributed by atoms with van der Waals surface area (Å²) in [5, 5.41) is 12.3. The van der Waals surface area contributed by atoms with Crippen molar-refractivity contribution in [2.45, 2.75) is 12.8 Å². The summed E-state index contributed by atoms with van der Waals surface area (Å²) in [7, 11) is 0. The Morgan fingerprint density at radius 2 is 2.07 bits per heavy atom. The molecule has 74 valence electrons. The molecule has 0 aliphatic heterocycles. The zero-order valence-corrected chi connectivity index (χ0v) is 8.27. The number of oxime groups is 1. The van der Waals surface area contributed by atoms with E-state index in [9.17, 15) is 0 Å². The van der Waals surface area contributed by atoms with Gasteiger partial charge in [0.25, 0.3) is 0 Å². The average Bonchev–Trinajstić information content (AvgIpc) is 2.67. The molecule has 15 heavy (non-hydrogen) atoms. The van der Waals surface area contributed by atoms with Crippen LogP contribution in [0.2, 0.25) is 0 Å².